The molecule has 0 radical (unpaired) electrons. The highest BCUT2D eigenvalue weighted by Crippen LogP contribution is 2.35. The van der Waals surface area contributed by atoms with Crippen LogP contribution in [0.15, 0.2) is 80.1 Å². The smallest absolute Gasteiger partial charge is 0.338 e. The summed E-state index contributed by atoms with van der Waals surface area (Å²) in [5, 5.41) is 0.802. The predicted octanol–water partition coefficient (Wildman–Crippen LogP) is 5.76. The van der Waals surface area contributed by atoms with E-state index in [0.717, 1.165) is 5.56 Å². The molecule has 3 heterocycles. The number of hydrogen-bond acceptors (Lipinski definition) is 7. The fraction of sp³-hybridized carbons (Fsp3) is 0.207. The number of aromatic nitrogens is 1. The lowest BCUT2D eigenvalue weighted by atomic mass is 9.96. The van der Waals surface area contributed by atoms with E-state index in [0.29, 0.717) is 53.5 Å². The van der Waals surface area contributed by atoms with Crippen LogP contribution < -0.4 is 19.6 Å². The van der Waals surface area contributed by atoms with Crippen molar-refractivity contribution in [1.29, 1.82) is 0 Å². The van der Waals surface area contributed by atoms with Gasteiger partial charge in [0.15, 0.2) is 4.80 Å². The van der Waals surface area contributed by atoms with Crippen molar-refractivity contribution in [3.8, 4) is 17.1 Å². The van der Waals surface area contributed by atoms with Gasteiger partial charge in [-0.2, -0.15) is 0 Å². The van der Waals surface area contributed by atoms with Gasteiger partial charge in [0.2, 0.25) is 0 Å². The van der Waals surface area contributed by atoms with Crippen molar-refractivity contribution >= 4 is 46.6 Å². The van der Waals surface area contributed by atoms with Crippen LogP contribution in [0.1, 0.15) is 38.1 Å². The minimum atomic E-state index is -0.724. The number of nitrogens with zero attached hydrogens (tertiary/aromatic N) is 2. The minimum Gasteiger partial charge on any atom is -0.497 e. The molecule has 0 spiro atoms. The molecular formula is C29H24Cl2N2O5S. The standard InChI is InChI=1S/C29H24Cl2N2O5S/c1-15(2)37-28(35)24-16(3)32-29-33(26(24)17-8-10-18(36-4)11-9-17)27(34)23(39-29)14-19-12-13-22(38-19)20-6-5-7-21(30)25(20)31/h5-15,26H,1-4H3/b23-14+/t26-/m0/s1. The SMILES string of the molecule is COc1ccc([C@H]2C(C(=O)OC(C)C)=C(C)N=c3s/c(=C/c4ccc(-c5cccc(Cl)c5Cl)o4)c(=O)n32)cc1. The summed E-state index contributed by atoms with van der Waals surface area (Å²) in [4.78, 5) is 32.1. The topological polar surface area (TPSA) is 83.0 Å². The molecule has 10 heteroatoms. The zero-order chi connectivity index (χ0) is 27.8. The van der Waals surface area contributed by atoms with E-state index < -0.39 is 12.0 Å². The first kappa shape index (κ1) is 27.0. The van der Waals surface area contributed by atoms with E-state index in [4.69, 9.17) is 37.1 Å². The number of carbonyl (C=O) groups excluding carboxylic acids is 1. The second kappa shape index (κ2) is 10.9. The highest BCUT2D eigenvalue weighted by Gasteiger charge is 2.33. The van der Waals surface area contributed by atoms with Gasteiger partial charge in [-0.3, -0.25) is 9.36 Å². The Balaban J connectivity index is 1.63. The Hall–Kier alpha value is -3.59. The molecule has 200 valence electrons. The zero-order valence-electron chi connectivity index (χ0n) is 21.5. The molecule has 39 heavy (non-hydrogen) atoms. The van der Waals surface area contributed by atoms with E-state index in [-0.39, 0.29) is 11.7 Å². The van der Waals surface area contributed by atoms with Crippen LogP contribution in [0.2, 0.25) is 10.0 Å². The molecule has 2 aromatic heterocycles. The molecule has 7 nitrogen and oxygen atoms in total. The second-order valence-electron chi connectivity index (χ2n) is 9.11. The third-order valence-corrected chi connectivity index (χ3v) is 7.93. The number of fused-ring (bicyclic) bond motifs is 1. The van der Waals surface area contributed by atoms with E-state index in [9.17, 15) is 9.59 Å². The van der Waals surface area contributed by atoms with Gasteiger partial charge in [-0.15, -0.1) is 0 Å². The third kappa shape index (κ3) is 5.20. The Morgan fingerprint density at radius 1 is 1.13 bits per heavy atom. The van der Waals surface area contributed by atoms with Gasteiger partial charge in [0.1, 0.15) is 17.3 Å². The molecular weight excluding hydrogens is 559 g/mol. The predicted molar refractivity (Wildman–Crippen MR) is 152 cm³/mol. The summed E-state index contributed by atoms with van der Waals surface area (Å²) >= 11 is 13.7. The number of furan rings is 1. The van der Waals surface area contributed by atoms with Gasteiger partial charge in [-0.1, -0.05) is 52.7 Å². The van der Waals surface area contributed by atoms with E-state index >= 15 is 0 Å². The first-order valence-corrected chi connectivity index (χ1v) is 13.7. The molecule has 2 aromatic carbocycles. The quantitative estimate of drug-likeness (QED) is 0.270. The zero-order valence-corrected chi connectivity index (χ0v) is 23.9. The highest BCUT2D eigenvalue weighted by molar-refractivity contribution is 7.07. The van der Waals surface area contributed by atoms with Crippen molar-refractivity contribution in [1.82, 2.24) is 4.57 Å². The number of hydrogen-bond donors (Lipinski definition) is 0. The van der Waals surface area contributed by atoms with Crippen LogP contribution in [0.4, 0.5) is 0 Å². The summed E-state index contributed by atoms with van der Waals surface area (Å²) in [6.45, 7) is 5.30. The van der Waals surface area contributed by atoms with Crippen molar-refractivity contribution in [3.63, 3.8) is 0 Å². The molecule has 0 amide bonds. The van der Waals surface area contributed by atoms with Gasteiger partial charge >= 0.3 is 5.97 Å². The number of benzene rings is 2. The minimum absolute atomic E-state index is 0.305. The van der Waals surface area contributed by atoms with Gasteiger partial charge in [-0.05, 0) is 62.7 Å². The monoisotopic (exact) mass is 582 g/mol. The summed E-state index contributed by atoms with van der Waals surface area (Å²) in [5.74, 6) is 1.12. The van der Waals surface area contributed by atoms with E-state index in [1.165, 1.54) is 15.9 Å². The summed E-state index contributed by atoms with van der Waals surface area (Å²) in [7, 11) is 1.58. The number of thiazole rings is 1. The number of ether oxygens (including phenoxy) is 2. The molecule has 0 fully saturated rings. The number of carbonyl (C=O) groups is 1. The van der Waals surface area contributed by atoms with Gasteiger partial charge in [0.05, 0.1) is 45.1 Å². The molecule has 0 saturated carbocycles. The van der Waals surface area contributed by atoms with Gasteiger partial charge in [0, 0.05) is 11.6 Å². The van der Waals surface area contributed by atoms with Crippen LogP contribution >= 0.6 is 34.5 Å². The van der Waals surface area contributed by atoms with Crippen LogP contribution in [0.5, 0.6) is 5.75 Å². The molecule has 1 aliphatic rings. The Kier molecular flexibility index (Phi) is 7.53. The van der Waals surface area contributed by atoms with Gasteiger partial charge < -0.3 is 13.9 Å². The van der Waals surface area contributed by atoms with Crippen molar-refractivity contribution in [2.75, 3.05) is 7.11 Å². The number of esters is 1. The molecule has 0 saturated heterocycles. The number of halogens is 2. The van der Waals surface area contributed by atoms with Crippen LogP contribution in [0.3, 0.4) is 0 Å². The van der Waals surface area contributed by atoms with E-state index in [1.54, 1.807) is 76.4 Å². The van der Waals surface area contributed by atoms with Crippen LogP contribution in [-0.4, -0.2) is 23.8 Å². The first-order chi connectivity index (χ1) is 18.7. The second-order valence-corrected chi connectivity index (χ2v) is 10.9. The Morgan fingerprint density at radius 3 is 2.56 bits per heavy atom. The maximum Gasteiger partial charge on any atom is 0.338 e. The molecule has 0 N–H and O–H groups in total. The molecule has 1 atom stereocenters. The van der Waals surface area contributed by atoms with Crippen LogP contribution in [-0.2, 0) is 9.53 Å². The van der Waals surface area contributed by atoms with Crippen molar-refractivity contribution in [2.45, 2.75) is 32.9 Å². The maximum absolute atomic E-state index is 13.8. The fourth-order valence-electron chi connectivity index (χ4n) is 4.36. The van der Waals surface area contributed by atoms with Crippen molar-refractivity contribution in [2.24, 2.45) is 4.99 Å². The third-order valence-electron chi connectivity index (χ3n) is 6.13. The van der Waals surface area contributed by atoms with Crippen LogP contribution in [0, 0.1) is 0 Å². The van der Waals surface area contributed by atoms with E-state index in [1.807, 2.05) is 12.1 Å². The molecule has 0 aliphatic carbocycles. The van der Waals surface area contributed by atoms with Crippen LogP contribution in [0.25, 0.3) is 17.4 Å². The lowest BCUT2D eigenvalue weighted by molar-refractivity contribution is -0.143. The summed E-state index contributed by atoms with van der Waals surface area (Å²) in [5.41, 5.74) is 1.87. The average molecular weight is 583 g/mol. The fourth-order valence-corrected chi connectivity index (χ4v) is 5.78. The van der Waals surface area contributed by atoms with Gasteiger partial charge in [0.25, 0.3) is 5.56 Å². The number of rotatable bonds is 6. The summed E-state index contributed by atoms with van der Waals surface area (Å²) in [6.07, 6.45) is 1.32. The Labute approximate surface area is 238 Å². The first-order valence-electron chi connectivity index (χ1n) is 12.1. The van der Waals surface area contributed by atoms with Crippen molar-refractivity contribution in [3.05, 3.63) is 107 Å². The molecule has 4 aromatic rings. The molecule has 1 aliphatic heterocycles. The largest absolute Gasteiger partial charge is 0.497 e. The Bertz CT molecular complexity index is 1780. The lowest BCUT2D eigenvalue weighted by Gasteiger charge is -2.25. The average Bonchev–Trinajstić information content (AvgIpc) is 3.48. The number of methoxy groups -OCH3 is 1. The summed E-state index contributed by atoms with van der Waals surface area (Å²) < 4.78 is 18.8. The normalized spacial score (nSPS) is 15.4. The lowest BCUT2D eigenvalue weighted by Crippen LogP contribution is -2.40. The molecule has 5 rings (SSSR count). The maximum atomic E-state index is 13.8. The molecule has 0 unspecified atom stereocenters. The van der Waals surface area contributed by atoms with Gasteiger partial charge in [-0.25, -0.2) is 9.79 Å². The Morgan fingerprint density at radius 2 is 1.87 bits per heavy atom. The number of allylic oxidation sites excluding steroid dienone is 1. The van der Waals surface area contributed by atoms with E-state index in [2.05, 4.69) is 4.99 Å². The van der Waals surface area contributed by atoms with Crippen molar-refractivity contribution < 1.29 is 18.7 Å². The highest BCUT2D eigenvalue weighted by atomic mass is 35.5. The summed E-state index contributed by atoms with van der Waals surface area (Å²) in [6, 6.07) is 15.3. The molecule has 0 bridgehead atoms.